The lowest BCUT2D eigenvalue weighted by molar-refractivity contribution is -0.384. The van der Waals surface area contributed by atoms with E-state index in [1.165, 1.54) is 12.8 Å². The number of hydrogen-bond donors (Lipinski definition) is 1. The number of nitro benzene ring substituents is 1. The zero-order chi connectivity index (χ0) is 13.2. The Morgan fingerprint density at radius 3 is 2.78 bits per heavy atom. The standard InChI is InChI=1S/C14H20N2O2/c1-14(2)9-5-6-11(10-14)15-12-7-3-4-8-13(12)16(17)18/h3-4,7-8,11,15H,5-6,9-10H2,1-2H3. The predicted molar refractivity (Wildman–Crippen MR) is 72.8 cm³/mol. The molecule has 1 aliphatic carbocycles. The Bertz CT molecular complexity index is 443. The van der Waals surface area contributed by atoms with Crippen LogP contribution < -0.4 is 5.32 Å². The molecule has 1 aromatic rings. The lowest BCUT2D eigenvalue weighted by Crippen LogP contribution is -2.31. The highest BCUT2D eigenvalue weighted by Gasteiger charge is 2.28. The first kappa shape index (κ1) is 12.9. The number of nitro groups is 1. The van der Waals surface area contributed by atoms with Crippen molar-refractivity contribution in [1.82, 2.24) is 0 Å². The summed E-state index contributed by atoms with van der Waals surface area (Å²) in [6.45, 7) is 4.53. The molecule has 4 nitrogen and oxygen atoms in total. The molecule has 0 aliphatic heterocycles. The smallest absolute Gasteiger partial charge is 0.292 e. The van der Waals surface area contributed by atoms with Gasteiger partial charge in [0.25, 0.3) is 5.69 Å². The molecule has 1 atom stereocenters. The zero-order valence-electron chi connectivity index (χ0n) is 11.0. The van der Waals surface area contributed by atoms with Gasteiger partial charge in [0.1, 0.15) is 5.69 Å². The molecule has 0 saturated heterocycles. The Kier molecular flexibility index (Phi) is 3.55. The molecule has 0 bridgehead atoms. The molecule has 1 unspecified atom stereocenters. The predicted octanol–water partition coefficient (Wildman–Crippen LogP) is 3.98. The van der Waals surface area contributed by atoms with Crippen LogP contribution in [0.5, 0.6) is 0 Å². The minimum atomic E-state index is -0.323. The van der Waals surface area contributed by atoms with Crippen LogP contribution in [0, 0.1) is 15.5 Å². The van der Waals surface area contributed by atoms with Crippen molar-refractivity contribution in [2.75, 3.05) is 5.32 Å². The largest absolute Gasteiger partial charge is 0.377 e. The molecular weight excluding hydrogens is 228 g/mol. The topological polar surface area (TPSA) is 55.2 Å². The van der Waals surface area contributed by atoms with Gasteiger partial charge in [0.05, 0.1) is 4.92 Å². The number of nitrogens with one attached hydrogen (secondary N) is 1. The maximum atomic E-state index is 11.0. The Labute approximate surface area is 108 Å². The van der Waals surface area contributed by atoms with Gasteiger partial charge in [0.15, 0.2) is 0 Å². The van der Waals surface area contributed by atoms with E-state index in [1.807, 2.05) is 6.07 Å². The molecule has 1 saturated carbocycles. The normalized spacial score (nSPS) is 22.4. The number of para-hydroxylation sites is 2. The van der Waals surface area contributed by atoms with Gasteiger partial charge in [-0.1, -0.05) is 32.4 Å². The summed E-state index contributed by atoms with van der Waals surface area (Å²) in [4.78, 5) is 10.6. The molecule has 1 aliphatic rings. The summed E-state index contributed by atoms with van der Waals surface area (Å²) in [6.07, 6.45) is 4.59. The first-order chi connectivity index (χ1) is 8.48. The third-order valence-electron chi connectivity index (χ3n) is 3.67. The summed E-state index contributed by atoms with van der Waals surface area (Å²) >= 11 is 0. The maximum Gasteiger partial charge on any atom is 0.292 e. The molecular formula is C14H20N2O2. The lowest BCUT2D eigenvalue weighted by atomic mass is 9.75. The van der Waals surface area contributed by atoms with Crippen molar-refractivity contribution in [2.45, 2.75) is 45.6 Å². The highest BCUT2D eigenvalue weighted by molar-refractivity contribution is 5.61. The summed E-state index contributed by atoms with van der Waals surface area (Å²) in [5.74, 6) is 0. The van der Waals surface area contributed by atoms with E-state index in [0.29, 0.717) is 17.1 Å². The monoisotopic (exact) mass is 248 g/mol. The van der Waals surface area contributed by atoms with Crippen molar-refractivity contribution < 1.29 is 4.92 Å². The van der Waals surface area contributed by atoms with Crippen LogP contribution in [-0.4, -0.2) is 11.0 Å². The molecule has 18 heavy (non-hydrogen) atoms. The Balaban J connectivity index is 2.12. The van der Waals surface area contributed by atoms with E-state index in [-0.39, 0.29) is 10.6 Å². The third kappa shape index (κ3) is 3.00. The van der Waals surface area contributed by atoms with Crippen LogP contribution in [-0.2, 0) is 0 Å². The number of rotatable bonds is 3. The quantitative estimate of drug-likeness (QED) is 0.650. The summed E-state index contributed by atoms with van der Waals surface area (Å²) < 4.78 is 0. The van der Waals surface area contributed by atoms with E-state index in [4.69, 9.17) is 0 Å². The molecule has 0 aromatic heterocycles. The minimum absolute atomic E-state index is 0.167. The number of nitrogens with zero attached hydrogens (tertiary/aromatic N) is 1. The minimum Gasteiger partial charge on any atom is -0.377 e. The van der Waals surface area contributed by atoms with E-state index in [2.05, 4.69) is 19.2 Å². The van der Waals surface area contributed by atoms with Crippen molar-refractivity contribution >= 4 is 11.4 Å². The maximum absolute atomic E-state index is 11.0. The fourth-order valence-corrected chi connectivity index (χ4v) is 2.80. The van der Waals surface area contributed by atoms with Crippen LogP contribution in [0.25, 0.3) is 0 Å². The molecule has 1 aromatic carbocycles. The number of hydrogen-bond acceptors (Lipinski definition) is 3. The van der Waals surface area contributed by atoms with Crippen LogP contribution in [0.15, 0.2) is 24.3 Å². The number of benzene rings is 1. The second kappa shape index (κ2) is 4.96. The molecule has 1 fully saturated rings. The van der Waals surface area contributed by atoms with Gasteiger partial charge < -0.3 is 5.32 Å². The van der Waals surface area contributed by atoms with E-state index < -0.39 is 0 Å². The second-order valence-electron chi connectivity index (χ2n) is 5.88. The molecule has 2 rings (SSSR count). The van der Waals surface area contributed by atoms with Crippen molar-refractivity contribution in [1.29, 1.82) is 0 Å². The van der Waals surface area contributed by atoms with Crippen molar-refractivity contribution in [3.05, 3.63) is 34.4 Å². The van der Waals surface area contributed by atoms with Gasteiger partial charge in [0, 0.05) is 12.1 Å². The van der Waals surface area contributed by atoms with Crippen LogP contribution in [0.3, 0.4) is 0 Å². The van der Waals surface area contributed by atoms with Gasteiger partial charge >= 0.3 is 0 Å². The first-order valence-corrected chi connectivity index (χ1v) is 6.48. The van der Waals surface area contributed by atoms with E-state index in [9.17, 15) is 10.1 Å². The Hall–Kier alpha value is -1.58. The molecule has 98 valence electrons. The van der Waals surface area contributed by atoms with Crippen molar-refractivity contribution in [2.24, 2.45) is 5.41 Å². The second-order valence-corrected chi connectivity index (χ2v) is 5.88. The molecule has 0 radical (unpaired) electrons. The summed E-state index contributed by atoms with van der Waals surface area (Å²) in [6, 6.07) is 7.22. The van der Waals surface area contributed by atoms with Crippen LogP contribution in [0.1, 0.15) is 39.5 Å². The molecule has 0 heterocycles. The lowest BCUT2D eigenvalue weighted by Gasteiger charge is -2.35. The van der Waals surface area contributed by atoms with E-state index >= 15 is 0 Å². The highest BCUT2D eigenvalue weighted by Crippen LogP contribution is 2.37. The fourth-order valence-electron chi connectivity index (χ4n) is 2.80. The van der Waals surface area contributed by atoms with E-state index in [1.54, 1.807) is 18.2 Å². The van der Waals surface area contributed by atoms with E-state index in [0.717, 1.165) is 12.8 Å². The van der Waals surface area contributed by atoms with Gasteiger partial charge in [0.2, 0.25) is 0 Å². The average molecular weight is 248 g/mol. The summed E-state index contributed by atoms with van der Waals surface area (Å²) in [5, 5.41) is 14.3. The summed E-state index contributed by atoms with van der Waals surface area (Å²) in [5.41, 5.74) is 1.14. The van der Waals surface area contributed by atoms with Crippen LogP contribution >= 0.6 is 0 Å². The first-order valence-electron chi connectivity index (χ1n) is 6.48. The molecule has 0 spiro atoms. The van der Waals surface area contributed by atoms with Crippen LogP contribution in [0.4, 0.5) is 11.4 Å². The van der Waals surface area contributed by atoms with Gasteiger partial charge in [-0.3, -0.25) is 10.1 Å². The Morgan fingerprint density at radius 2 is 2.11 bits per heavy atom. The summed E-state index contributed by atoms with van der Waals surface area (Å²) in [7, 11) is 0. The Morgan fingerprint density at radius 1 is 1.39 bits per heavy atom. The van der Waals surface area contributed by atoms with Crippen molar-refractivity contribution in [3.8, 4) is 0 Å². The molecule has 4 heteroatoms. The van der Waals surface area contributed by atoms with Gasteiger partial charge in [-0.15, -0.1) is 0 Å². The van der Waals surface area contributed by atoms with Crippen molar-refractivity contribution in [3.63, 3.8) is 0 Å². The fraction of sp³-hybridized carbons (Fsp3) is 0.571. The SMILES string of the molecule is CC1(C)CCCC(Nc2ccccc2[N+](=O)[O-])C1. The molecule has 0 amide bonds. The van der Waals surface area contributed by atoms with Crippen LogP contribution in [0.2, 0.25) is 0 Å². The van der Waals surface area contributed by atoms with Gasteiger partial charge in [-0.2, -0.15) is 0 Å². The third-order valence-corrected chi connectivity index (χ3v) is 3.67. The van der Waals surface area contributed by atoms with Gasteiger partial charge in [-0.25, -0.2) is 0 Å². The zero-order valence-corrected chi connectivity index (χ0v) is 11.0. The van der Waals surface area contributed by atoms with Gasteiger partial charge in [-0.05, 0) is 30.7 Å². The average Bonchev–Trinajstić information content (AvgIpc) is 2.28. The number of anilines is 1. The molecule has 1 N–H and O–H groups in total. The highest BCUT2D eigenvalue weighted by atomic mass is 16.6.